The van der Waals surface area contributed by atoms with Crippen LogP contribution in [0.15, 0.2) is 72.8 Å². The molecule has 0 bridgehead atoms. The highest BCUT2D eigenvalue weighted by molar-refractivity contribution is 6.05. The van der Waals surface area contributed by atoms with Crippen molar-refractivity contribution in [2.24, 2.45) is 5.92 Å². The minimum absolute atomic E-state index is 0.128. The molecule has 1 unspecified atom stereocenters. The number of allylic oxidation sites excluding steroid dienone is 4. The second-order valence-electron chi connectivity index (χ2n) is 17.5. The van der Waals surface area contributed by atoms with Crippen LogP contribution in [0.1, 0.15) is 79.0 Å². The lowest BCUT2D eigenvalue weighted by molar-refractivity contribution is -0.755. The SMILES string of the molecule is Nc1ncnc2c1c(C1=CC=C(Oc3ccccc3)CC1)[nH][n+]2C1CCN(CC2CCN(C(=O)N3CCN(c4ccc5c(c4)CN(C4CCC(=O)NC4=O)C5=O)CC3)CC2)CC1. The number of nitrogens with two attached hydrogens (primary N) is 1. The smallest absolute Gasteiger partial charge is 0.356 e. The van der Waals surface area contributed by atoms with Crippen LogP contribution < -0.4 is 25.4 Å². The minimum atomic E-state index is -0.629. The number of benzene rings is 2. The number of ether oxygens (including phenoxy) is 1. The lowest BCUT2D eigenvalue weighted by Gasteiger charge is -2.41. The third kappa shape index (κ3) is 7.87. The summed E-state index contributed by atoms with van der Waals surface area (Å²) in [6.45, 7) is 7.66. The fourth-order valence-corrected chi connectivity index (χ4v) is 10.2. The molecule has 4 N–H and O–H groups in total. The summed E-state index contributed by atoms with van der Waals surface area (Å²) in [5.74, 6) is 1.95. The normalized spacial score (nSPS) is 21.9. The van der Waals surface area contributed by atoms with E-state index in [2.05, 4.69) is 42.0 Å². The average molecular weight is 841 g/mol. The van der Waals surface area contributed by atoms with E-state index >= 15 is 0 Å². The van der Waals surface area contributed by atoms with Crippen molar-refractivity contribution >= 4 is 51.9 Å². The highest BCUT2D eigenvalue weighted by atomic mass is 16.5. The number of H-pyrrole nitrogens is 1. The lowest BCUT2D eigenvalue weighted by atomic mass is 9.95. The van der Waals surface area contributed by atoms with Gasteiger partial charge in [-0.15, -0.1) is 0 Å². The zero-order valence-corrected chi connectivity index (χ0v) is 35.0. The number of nitrogens with zero attached hydrogens (tertiary/aromatic N) is 8. The molecule has 4 fully saturated rings. The molecule has 7 heterocycles. The maximum absolute atomic E-state index is 13.7. The lowest BCUT2D eigenvalue weighted by Crippen LogP contribution is -2.54. The van der Waals surface area contributed by atoms with E-state index in [4.69, 9.17) is 15.5 Å². The van der Waals surface area contributed by atoms with Crippen molar-refractivity contribution in [1.82, 2.24) is 40.0 Å². The largest absolute Gasteiger partial charge is 0.462 e. The van der Waals surface area contributed by atoms with E-state index < -0.39 is 11.9 Å². The van der Waals surface area contributed by atoms with Crippen molar-refractivity contribution < 1.29 is 28.6 Å². The number of hydrogen-bond acceptors (Lipinski definition) is 10. The molecule has 0 saturated carbocycles. The molecule has 4 aromatic rings. The Bertz CT molecular complexity index is 2440. The first-order chi connectivity index (χ1) is 30.3. The van der Waals surface area contributed by atoms with Crippen LogP contribution in [0, 0.1) is 5.92 Å². The zero-order chi connectivity index (χ0) is 42.3. The van der Waals surface area contributed by atoms with Gasteiger partial charge in [-0.3, -0.25) is 19.7 Å². The molecule has 5 aliphatic heterocycles. The van der Waals surface area contributed by atoms with Crippen LogP contribution in [0.25, 0.3) is 16.6 Å². The zero-order valence-electron chi connectivity index (χ0n) is 35.0. The number of para-hydroxylation sites is 1. The summed E-state index contributed by atoms with van der Waals surface area (Å²) in [5.41, 5.74) is 12.0. The third-order valence-electron chi connectivity index (χ3n) is 13.7. The van der Waals surface area contributed by atoms with E-state index in [9.17, 15) is 19.2 Å². The Kier molecular flexibility index (Phi) is 10.8. The molecule has 2 aromatic heterocycles. The van der Waals surface area contributed by atoms with Gasteiger partial charge < -0.3 is 35.0 Å². The third-order valence-corrected chi connectivity index (χ3v) is 13.7. The number of fused-ring (bicyclic) bond motifs is 2. The summed E-state index contributed by atoms with van der Waals surface area (Å²) < 4.78 is 8.33. The molecule has 1 atom stereocenters. The molecule has 10 rings (SSSR count). The van der Waals surface area contributed by atoms with Crippen molar-refractivity contribution in [2.45, 2.75) is 70.0 Å². The number of nitrogens with one attached hydrogen (secondary N) is 2. The molecular weight excluding hydrogens is 787 g/mol. The average Bonchev–Trinajstić information content (AvgIpc) is 3.85. The van der Waals surface area contributed by atoms with Crippen molar-refractivity contribution in [1.29, 1.82) is 0 Å². The summed E-state index contributed by atoms with van der Waals surface area (Å²) in [5, 5.41) is 6.96. The number of amides is 5. The van der Waals surface area contributed by atoms with Gasteiger partial charge in [-0.25, -0.2) is 9.89 Å². The number of aromatic nitrogens is 4. The fraction of sp³-hybridized carbons (Fsp3) is 0.457. The Morgan fingerprint density at radius 1 is 0.839 bits per heavy atom. The molecule has 5 amide bonds. The number of likely N-dealkylation sites (tertiary alicyclic amines) is 2. The minimum Gasteiger partial charge on any atom is -0.462 e. The number of aromatic amines is 1. The van der Waals surface area contributed by atoms with Gasteiger partial charge in [0.25, 0.3) is 5.91 Å². The number of carbonyl (C=O) groups excluding carboxylic acids is 4. The molecule has 4 saturated heterocycles. The van der Waals surface area contributed by atoms with Crippen molar-refractivity contribution in [2.75, 3.05) is 69.5 Å². The van der Waals surface area contributed by atoms with Crippen LogP contribution in [0.5, 0.6) is 5.75 Å². The standard InChI is InChI=1S/C46H53N11O5/c47-42-40-41(31-6-9-36(10-7-31)62-35-4-2-1-3-5-35)51-57(43(40)49-29-48-42)33-16-18-52(19-17-33)27-30-14-20-54(21-15-30)46(61)55-24-22-53(23-25-55)34-8-11-37-32(26-34)28-56(45(37)60)38-12-13-39(58)50-44(38)59/h1-6,8-9,11,26,29-30,33,38H,7,10,12-25,27-28H2,(H3,47,48,49,50,51,58,59)/p+1. The molecular formula is C46H54N11O5+. The van der Waals surface area contributed by atoms with Gasteiger partial charge in [0.05, 0.1) is 5.69 Å². The topological polar surface area (TPSA) is 177 Å². The van der Waals surface area contributed by atoms with Gasteiger partial charge in [0.15, 0.2) is 0 Å². The van der Waals surface area contributed by atoms with Gasteiger partial charge in [-0.2, -0.15) is 9.67 Å². The molecule has 6 aliphatic rings. The predicted molar refractivity (Wildman–Crippen MR) is 232 cm³/mol. The summed E-state index contributed by atoms with van der Waals surface area (Å²) >= 11 is 0. The summed E-state index contributed by atoms with van der Waals surface area (Å²) in [4.78, 5) is 70.5. The van der Waals surface area contributed by atoms with Gasteiger partial charge in [0, 0.05) is 102 Å². The van der Waals surface area contributed by atoms with Crippen LogP contribution in [-0.4, -0.2) is 123 Å². The number of imide groups is 1. The first kappa shape index (κ1) is 39.8. The van der Waals surface area contributed by atoms with Gasteiger partial charge in [0.2, 0.25) is 18.1 Å². The fourth-order valence-electron chi connectivity index (χ4n) is 10.2. The van der Waals surface area contributed by atoms with Crippen LogP contribution in [0.4, 0.5) is 16.3 Å². The highest BCUT2D eigenvalue weighted by Crippen LogP contribution is 2.34. The van der Waals surface area contributed by atoms with Crippen molar-refractivity contribution in [3.63, 3.8) is 0 Å². The van der Waals surface area contributed by atoms with Crippen LogP contribution in [0.3, 0.4) is 0 Å². The van der Waals surface area contributed by atoms with Gasteiger partial charge >= 0.3 is 11.7 Å². The van der Waals surface area contributed by atoms with Crippen molar-refractivity contribution in [3.8, 4) is 5.75 Å². The molecule has 2 aromatic carbocycles. The van der Waals surface area contributed by atoms with Gasteiger partial charge in [-0.1, -0.05) is 24.3 Å². The summed E-state index contributed by atoms with van der Waals surface area (Å²) in [6.07, 6.45) is 11.9. The number of urea groups is 1. The Hall–Kier alpha value is -6.29. The van der Waals surface area contributed by atoms with Crippen LogP contribution in [-0.2, 0) is 16.1 Å². The number of piperidine rings is 3. The highest BCUT2D eigenvalue weighted by Gasteiger charge is 2.40. The summed E-state index contributed by atoms with van der Waals surface area (Å²) in [6, 6.07) is 15.5. The molecule has 16 nitrogen and oxygen atoms in total. The Balaban J connectivity index is 0.689. The maximum atomic E-state index is 13.7. The van der Waals surface area contributed by atoms with E-state index in [1.54, 1.807) is 11.2 Å². The quantitative estimate of drug-likeness (QED) is 0.174. The molecule has 322 valence electrons. The van der Waals surface area contributed by atoms with Crippen molar-refractivity contribution in [3.05, 3.63) is 89.6 Å². The van der Waals surface area contributed by atoms with Crippen LogP contribution in [0.2, 0.25) is 0 Å². The Labute approximate surface area is 360 Å². The number of rotatable bonds is 8. The predicted octanol–water partition coefficient (Wildman–Crippen LogP) is 4.02. The second-order valence-corrected chi connectivity index (χ2v) is 17.5. The van der Waals surface area contributed by atoms with Gasteiger partial charge in [-0.05, 0) is 84.1 Å². The van der Waals surface area contributed by atoms with E-state index in [-0.39, 0.29) is 30.3 Å². The van der Waals surface area contributed by atoms with E-state index in [0.29, 0.717) is 56.4 Å². The first-order valence-corrected chi connectivity index (χ1v) is 22.2. The van der Waals surface area contributed by atoms with E-state index in [1.807, 2.05) is 58.3 Å². The number of nitrogen functional groups attached to an aromatic ring is 1. The van der Waals surface area contributed by atoms with Crippen LogP contribution >= 0.6 is 0 Å². The Morgan fingerprint density at radius 3 is 2.35 bits per heavy atom. The van der Waals surface area contributed by atoms with E-state index in [1.165, 1.54) is 0 Å². The molecule has 1 aliphatic carbocycles. The molecule has 62 heavy (non-hydrogen) atoms. The molecule has 0 radical (unpaired) electrons. The molecule has 16 heteroatoms. The number of hydrogen-bond donors (Lipinski definition) is 3. The number of piperazine rings is 1. The number of anilines is 2. The second kappa shape index (κ2) is 16.9. The Morgan fingerprint density at radius 2 is 1.61 bits per heavy atom. The first-order valence-electron chi connectivity index (χ1n) is 22.2. The van der Waals surface area contributed by atoms with Gasteiger partial charge in [0.1, 0.15) is 34.8 Å². The molecule has 0 spiro atoms. The maximum Gasteiger partial charge on any atom is 0.356 e. The summed E-state index contributed by atoms with van der Waals surface area (Å²) in [7, 11) is 0. The van der Waals surface area contributed by atoms with E-state index in [0.717, 1.165) is 116 Å². The monoisotopic (exact) mass is 840 g/mol. The number of carbonyl (C=O) groups is 4.